The van der Waals surface area contributed by atoms with Crippen molar-refractivity contribution >= 4 is 5.96 Å². The van der Waals surface area contributed by atoms with Crippen LogP contribution in [-0.2, 0) is 11.3 Å². The first-order chi connectivity index (χ1) is 9.17. The molecule has 3 N–H and O–H groups in total. The van der Waals surface area contributed by atoms with E-state index in [-0.39, 0.29) is 0 Å². The van der Waals surface area contributed by atoms with E-state index in [0.717, 1.165) is 13.0 Å². The number of aliphatic imine (C=N–C) groups is 1. The Hall–Kier alpha value is -1.59. The van der Waals surface area contributed by atoms with Crippen LogP contribution < -0.4 is 11.3 Å². The molecule has 0 spiro atoms. The standard InChI is InChI=1S/C14H24N4O/c1-12-6-4-7-13(10-12)11-18(2)14(17-15)16-8-5-9-19-3/h4,6-7,10H,5,8-9,11,15H2,1-3H3,(H,16,17). The third-order valence-electron chi connectivity index (χ3n) is 2.76. The van der Waals surface area contributed by atoms with Crippen LogP contribution in [0.5, 0.6) is 0 Å². The van der Waals surface area contributed by atoms with E-state index in [2.05, 4.69) is 41.6 Å². The van der Waals surface area contributed by atoms with Gasteiger partial charge in [0.25, 0.3) is 0 Å². The summed E-state index contributed by atoms with van der Waals surface area (Å²) < 4.78 is 4.99. The van der Waals surface area contributed by atoms with Crippen LogP contribution in [0.4, 0.5) is 0 Å². The molecular formula is C14H24N4O. The maximum absolute atomic E-state index is 5.52. The molecule has 0 heterocycles. The third kappa shape index (κ3) is 5.72. The largest absolute Gasteiger partial charge is 0.385 e. The Kier molecular flexibility index (Phi) is 6.92. The summed E-state index contributed by atoms with van der Waals surface area (Å²) in [6.07, 6.45) is 0.889. The lowest BCUT2D eigenvalue weighted by atomic mass is 10.1. The minimum atomic E-state index is 0.692. The van der Waals surface area contributed by atoms with E-state index in [9.17, 15) is 0 Å². The van der Waals surface area contributed by atoms with E-state index in [4.69, 9.17) is 10.6 Å². The van der Waals surface area contributed by atoms with E-state index < -0.39 is 0 Å². The highest BCUT2D eigenvalue weighted by molar-refractivity contribution is 5.79. The Bertz CT molecular complexity index is 406. The Morgan fingerprint density at radius 2 is 2.26 bits per heavy atom. The highest BCUT2D eigenvalue weighted by Gasteiger charge is 2.05. The molecule has 0 aliphatic heterocycles. The first-order valence-electron chi connectivity index (χ1n) is 6.44. The summed E-state index contributed by atoms with van der Waals surface area (Å²) in [7, 11) is 3.66. The first kappa shape index (κ1) is 15.5. The van der Waals surface area contributed by atoms with Gasteiger partial charge in [-0.25, -0.2) is 5.84 Å². The average Bonchev–Trinajstić information content (AvgIpc) is 2.38. The van der Waals surface area contributed by atoms with Gasteiger partial charge < -0.3 is 9.64 Å². The lowest BCUT2D eigenvalue weighted by Crippen LogP contribution is -2.42. The summed E-state index contributed by atoms with van der Waals surface area (Å²) in [5.74, 6) is 6.21. The molecule has 0 aliphatic rings. The molecule has 1 aromatic rings. The van der Waals surface area contributed by atoms with Crippen LogP contribution in [0.1, 0.15) is 17.5 Å². The molecule has 0 saturated carbocycles. The second kappa shape index (κ2) is 8.50. The van der Waals surface area contributed by atoms with Gasteiger partial charge in [-0.3, -0.25) is 10.4 Å². The van der Waals surface area contributed by atoms with Crippen molar-refractivity contribution in [2.45, 2.75) is 19.9 Å². The van der Waals surface area contributed by atoms with Crippen LogP contribution in [0.2, 0.25) is 0 Å². The predicted octanol–water partition coefficient (Wildman–Crippen LogP) is 1.28. The van der Waals surface area contributed by atoms with E-state index in [1.54, 1.807) is 7.11 Å². The Labute approximate surface area is 115 Å². The van der Waals surface area contributed by atoms with Crippen molar-refractivity contribution in [2.24, 2.45) is 10.8 Å². The number of nitrogens with two attached hydrogens (primary N) is 1. The van der Waals surface area contributed by atoms with Gasteiger partial charge in [0, 0.05) is 33.9 Å². The van der Waals surface area contributed by atoms with Gasteiger partial charge in [0.1, 0.15) is 0 Å². The minimum absolute atomic E-state index is 0.692. The number of hydrogen-bond donors (Lipinski definition) is 2. The number of methoxy groups -OCH3 is 1. The molecule has 106 valence electrons. The molecule has 5 heteroatoms. The summed E-state index contributed by atoms with van der Waals surface area (Å²) in [5.41, 5.74) is 5.14. The lowest BCUT2D eigenvalue weighted by Gasteiger charge is -2.21. The number of nitrogens with zero attached hydrogens (tertiary/aromatic N) is 2. The van der Waals surface area contributed by atoms with Crippen molar-refractivity contribution in [3.05, 3.63) is 35.4 Å². The van der Waals surface area contributed by atoms with Gasteiger partial charge in [-0.2, -0.15) is 0 Å². The fourth-order valence-corrected chi connectivity index (χ4v) is 1.83. The highest BCUT2D eigenvalue weighted by atomic mass is 16.5. The monoisotopic (exact) mass is 264 g/mol. The quantitative estimate of drug-likeness (QED) is 0.267. The maximum atomic E-state index is 5.52. The van der Waals surface area contributed by atoms with Gasteiger partial charge in [0.05, 0.1) is 0 Å². The molecule has 0 unspecified atom stereocenters. The number of benzene rings is 1. The molecule has 0 saturated heterocycles. The maximum Gasteiger partial charge on any atom is 0.208 e. The van der Waals surface area contributed by atoms with E-state index in [1.807, 2.05) is 11.9 Å². The van der Waals surface area contributed by atoms with Crippen molar-refractivity contribution < 1.29 is 4.74 Å². The molecule has 5 nitrogen and oxygen atoms in total. The predicted molar refractivity (Wildman–Crippen MR) is 78.8 cm³/mol. The molecule has 0 fully saturated rings. The smallest absolute Gasteiger partial charge is 0.208 e. The number of guanidine groups is 1. The van der Waals surface area contributed by atoms with Gasteiger partial charge in [-0.1, -0.05) is 29.8 Å². The molecular weight excluding hydrogens is 240 g/mol. The Balaban J connectivity index is 2.55. The summed E-state index contributed by atoms with van der Waals surface area (Å²) >= 11 is 0. The summed E-state index contributed by atoms with van der Waals surface area (Å²) in [5, 5.41) is 0. The molecule has 19 heavy (non-hydrogen) atoms. The number of hydrazine groups is 1. The van der Waals surface area contributed by atoms with Crippen LogP contribution in [0.3, 0.4) is 0 Å². The number of ether oxygens (including phenoxy) is 1. The van der Waals surface area contributed by atoms with Gasteiger partial charge in [0.15, 0.2) is 0 Å². The van der Waals surface area contributed by atoms with Gasteiger partial charge in [-0.15, -0.1) is 0 Å². The summed E-state index contributed by atoms with van der Waals surface area (Å²) in [6, 6.07) is 8.41. The van der Waals surface area contributed by atoms with Crippen molar-refractivity contribution in [1.29, 1.82) is 0 Å². The van der Waals surface area contributed by atoms with Gasteiger partial charge in [0.2, 0.25) is 5.96 Å². The van der Waals surface area contributed by atoms with Crippen molar-refractivity contribution in [3.63, 3.8) is 0 Å². The Morgan fingerprint density at radius 3 is 2.89 bits per heavy atom. The second-order valence-electron chi connectivity index (χ2n) is 4.54. The molecule has 0 aliphatic carbocycles. The van der Waals surface area contributed by atoms with Gasteiger partial charge >= 0.3 is 0 Å². The van der Waals surface area contributed by atoms with E-state index in [1.165, 1.54) is 11.1 Å². The van der Waals surface area contributed by atoms with Crippen molar-refractivity contribution in [3.8, 4) is 0 Å². The fraction of sp³-hybridized carbons (Fsp3) is 0.500. The molecule has 0 aromatic heterocycles. The number of aryl methyl sites for hydroxylation is 1. The highest BCUT2D eigenvalue weighted by Crippen LogP contribution is 2.06. The van der Waals surface area contributed by atoms with Crippen molar-refractivity contribution in [2.75, 3.05) is 27.3 Å². The number of nitrogens with one attached hydrogen (secondary N) is 1. The number of rotatable bonds is 6. The van der Waals surface area contributed by atoms with Crippen LogP contribution in [-0.4, -0.2) is 38.2 Å². The normalized spacial score (nSPS) is 11.5. The summed E-state index contributed by atoms with van der Waals surface area (Å²) in [6.45, 7) is 4.27. The van der Waals surface area contributed by atoms with Crippen molar-refractivity contribution in [1.82, 2.24) is 10.3 Å². The van der Waals surface area contributed by atoms with E-state index in [0.29, 0.717) is 19.1 Å². The van der Waals surface area contributed by atoms with Crippen LogP contribution in [0.25, 0.3) is 0 Å². The SMILES string of the molecule is COCCCN=C(NN)N(C)Cc1cccc(C)c1. The molecule has 1 rings (SSSR count). The zero-order valence-corrected chi connectivity index (χ0v) is 12.0. The molecule has 0 amide bonds. The lowest BCUT2D eigenvalue weighted by molar-refractivity contribution is 0.197. The van der Waals surface area contributed by atoms with Crippen LogP contribution >= 0.6 is 0 Å². The zero-order chi connectivity index (χ0) is 14.1. The molecule has 0 radical (unpaired) electrons. The zero-order valence-electron chi connectivity index (χ0n) is 12.0. The molecule has 1 aromatic carbocycles. The average molecular weight is 264 g/mol. The fourth-order valence-electron chi connectivity index (χ4n) is 1.83. The molecule has 0 bridgehead atoms. The summed E-state index contributed by atoms with van der Waals surface area (Å²) in [4.78, 5) is 6.43. The Morgan fingerprint density at radius 1 is 1.47 bits per heavy atom. The minimum Gasteiger partial charge on any atom is -0.385 e. The number of hydrogen-bond acceptors (Lipinski definition) is 3. The van der Waals surface area contributed by atoms with Crippen LogP contribution in [0.15, 0.2) is 29.3 Å². The molecule has 0 atom stereocenters. The van der Waals surface area contributed by atoms with E-state index >= 15 is 0 Å². The first-order valence-corrected chi connectivity index (χ1v) is 6.44. The second-order valence-corrected chi connectivity index (χ2v) is 4.54. The van der Waals surface area contributed by atoms with Gasteiger partial charge in [-0.05, 0) is 18.9 Å². The third-order valence-corrected chi connectivity index (χ3v) is 2.76. The van der Waals surface area contributed by atoms with Crippen LogP contribution in [0, 0.1) is 6.92 Å². The topological polar surface area (TPSA) is 62.9 Å².